The van der Waals surface area contributed by atoms with Crippen molar-refractivity contribution in [1.82, 2.24) is 15.4 Å². The smallest absolute Gasteiger partial charge is 0.263 e. The van der Waals surface area contributed by atoms with Gasteiger partial charge in [0.2, 0.25) is 5.13 Å². The van der Waals surface area contributed by atoms with Crippen LogP contribution in [0.3, 0.4) is 0 Å². The second kappa shape index (κ2) is 8.99. The molecule has 0 atom stereocenters. The molecular weight excluding hydrogens is 440 g/mol. The fourth-order valence-corrected chi connectivity index (χ4v) is 4.71. The molecule has 30 heavy (non-hydrogen) atoms. The lowest BCUT2D eigenvalue weighted by molar-refractivity contribution is 0.102. The average molecular weight is 457 g/mol. The molecule has 1 amide bonds. The minimum absolute atomic E-state index is 0.326. The number of nitrogens with zero attached hydrogens (tertiary/aromatic N) is 3. The first-order valence-electron chi connectivity index (χ1n) is 9.05. The number of thioether (sulfide) groups is 1. The Morgan fingerprint density at radius 1 is 1.13 bits per heavy atom. The second-order valence-electron chi connectivity index (χ2n) is 6.54. The van der Waals surface area contributed by atoms with E-state index in [2.05, 4.69) is 51.9 Å². The largest absolute Gasteiger partial charge is 0.360 e. The monoisotopic (exact) mass is 456 g/mol. The fraction of sp³-hybridized carbons (Fsp3) is 0.143. The molecular formula is C21H17ClN4O2S2. The first-order chi connectivity index (χ1) is 14.5. The number of rotatable bonds is 6. The summed E-state index contributed by atoms with van der Waals surface area (Å²) in [4.78, 5) is 12.9. The van der Waals surface area contributed by atoms with Gasteiger partial charge in [0.15, 0.2) is 4.34 Å². The quantitative estimate of drug-likeness (QED) is 0.282. The number of benzene rings is 2. The number of hydrogen-bond acceptors (Lipinski definition) is 7. The van der Waals surface area contributed by atoms with Crippen LogP contribution in [0.15, 0.2) is 57.4 Å². The lowest BCUT2D eigenvalue weighted by atomic mass is 10.1. The molecule has 0 fully saturated rings. The van der Waals surface area contributed by atoms with E-state index in [1.807, 2.05) is 12.1 Å². The fourth-order valence-electron chi connectivity index (χ4n) is 2.78. The van der Waals surface area contributed by atoms with Gasteiger partial charge < -0.3 is 4.52 Å². The summed E-state index contributed by atoms with van der Waals surface area (Å²) in [6.45, 7) is 3.75. The van der Waals surface area contributed by atoms with Gasteiger partial charge in [0.05, 0.1) is 5.02 Å². The predicted molar refractivity (Wildman–Crippen MR) is 120 cm³/mol. The van der Waals surface area contributed by atoms with Gasteiger partial charge in [0, 0.05) is 11.3 Å². The van der Waals surface area contributed by atoms with Gasteiger partial charge in [0.25, 0.3) is 5.91 Å². The van der Waals surface area contributed by atoms with Gasteiger partial charge >= 0.3 is 0 Å². The zero-order valence-corrected chi connectivity index (χ0v) is 18.6. The molecule has 0 bridgehead atoms. The maximum atomic E-state index is 12.9. The molecule has 2 heterocycles. The van der Waals surface area contributed by atoms with Crippen LogP contribution in [-0.4, -0.2) is 21.3 Å². The first-order valence-corrected chi connectivity index (χ1v) is 11.2. The first kappa shape index (κ1) is 20.6. The number of nitrogens with one attached hydrogen (secondary N) is 1. The Kier molecular flexibility index (Phi) is 6.17. The second-order valence-corrected chi connectivity index (χ2v) is 9.15. The molecule has 2 aromatic carbocycles. The van der Waals surface area contributed by atoms with Crippen LogP contribution in [0, 0.1) is 13.8 Å². The van der Waals surface area contributed by atoms with E-state index in [0.29, 0.717) is 32.7 Å². The highest BCUT2D eigenvalue weighted by Crippen LogP contribution is 2.32. The normalized spacial score (nSPS) is 10.9. The van der Waals surface area contributed by atoms with Crippen molar-refractivity contribution in [3.05, 3.63) is 76.0 Å². The summed E-state index contributed by atoms with van der Waals surface area (Å²) >= 11 is 9.16. The Morgan fingerprint density at radius 2 is 1.90 bits per heavy atom. The Labute approximate surface area is 186 Å². The molecule has 0 unspecified atom stereocenters. The molecule has 0 saturated heterocycles. The van der Waals surface area contributed by atoms with Crippen molar-refractivity contribution in [1.29, 1.82) is 0 Å². The molecule has 152 valence electrons. The van der Waals surface area contributed by atoms with Crippen LogP contribution in [0.2, 0.25) is 5.02 Å². The highest BCUT2D eigenvalue weighted by atomic mass is 35.5. The lowest BCUT2D eigenvalue weighted by Gasteiger charge is -2.04. The summed E-state index contributed by atoms with van der Waals surface area (Å²) in [6, 6.07) is 15.5. The van der Waals surface area contributed by atoms with Crippen molar-refractivity contribution in [3.8, 4) is 11.3 Å². The third kappa shape index (κ3) is 4.56. The van der Waals surface area contributed by atoms with Crippen LogP contribution in [0.4, 0.5) is 5.13 Å². The third-order valence-corrected chi connectivity index (χ3v) is 6.70. The topological polar surface area (TPSA) is 80.9 Å². The number of aromatic nitrogens is 3. The van der Waals surface area contributed by atoms with Crippen LogP contribution in [0.1, 0.15) is 27.2 Å². The molecule has 4 aromatic rings. The predicted octanol–water partition coefficient (Wildman–Crippen LogP) is 6.01. The standard InChI is InChI=1S/C21H17ClN4O2S2/c1-12-7-9-14(10-8-12)11-29-21-25-24-20(30-21)23-19(27)17-13(2)28-26-18(17)15-5-3-4-6-16(15)22/h3-10H,11H2,1-2H3,(H,23,24,27). The number of hydrogen-bond donors (Lipinski definition) is 1. The molecule has 0 aliphatic heterocycles. The molecule has 0 saturated carbocycles. The Bertz CT molecular complexity index is 1190. The van der Waals surface area contributed by atoms with Crippen LogP contribution in [-0.2, 0) is 5.75 Å². The maximum Gasteiger partial charge on any atom is 0.263 e. The Balaban J connectivity index is 1.47. The van der Waals surface area contributed by atoms with Crippen LogP contribution in [0.25, 0.3) is 11.3 Å². The van der Waals surface area contributed by atoms with Crippen LogP contribution >= 0.6 is 34.7 Å². The lowest BCUT2D eigenvalue weighted by Crippen LogP contribution is -2.13. The van der Waals surface area contributed by atoms with E-state index in [4.69, 9.17) is 16.1 Å². The number of carbonyl (C=O) groups excluding carboxylic acids is 1. The highest BCUT2D eigenvalue weighted by Gasteiger charge is 2.24. The number of anilines is 1. The molecule has 0 aliphatic carbocycles. The molecule has 2 aromatic heterocycles. The van der Waals surface area contributed by atoms with Gasteiger partial charge in [-0.2, -0.15) is 0 Å². The van der Waals surface area contributed by atoms with Gasteiger partial charge in [-0.1, -0.05) is 87.9 Å². The maximum absolute atomic E-state index is 12.9. The van der Waals surface area contributed by atoms with Gasteiger partial charge in [-0.15, -0.1) is 10.2 Å². The SMILES string of the molecule is Cc1ccc(CSc2nnc(NC(=O)c3c(-c4ccccc4Cl)noc3C)s2)cc1. The summed E-state index contributed by atoms with van der Waals surface area (Å²) < 4.78 is 6.04. The third-order valence-electron chi connectivity index (χ3n) is 4.33. The van der Waals surface area contributed by atoms with Crippen molar-refractivity contribution in [2.45, 2.75) is 23.9 Å². The summed E-state index contributed by atoms with van der Waals surface area (Å²) in [5, 5.41) is 16.0. The Hall–Kier alpha value is -2.68. The molecule has 0 spiro atoms. The summed E-state index contributed by atoms with van der Waals surface area (Å²) in [6.07, 6.45) is 0. The van der Waals surface area contributed by atoms with Crippen LogP contribution < -0.4 is 5.32 Å². The molecule has 0 radical (unpaired) electrons. The van der Waals surface area contributed by atoms with Gasteiger partial charge in [0.1, 0.15) is 17.0 Å². The van der Waals surface area contributed by atoms with E-state index in [0.717, 1.165) is 10.1 Å². The minimum atomic E-state index is -0.366. The van der Waals surface area contributed by atoms with Crippen LogP contribution in [0.5, 0.6) is 0 Å². The molecule has 1 N–H and O–H groups in total. The Morgan fingerprint density at radius 3 is 2.67 bits per heavy atom. The number of carbonyl (C=O) groups is 1. The van der Waals surface area contributed by atoms with E-state index in [1.54, 1.807) is 30.8 Å². The summed E-state index contributed by atoms with van der Waals surface area (Å²) in [7, 11) is 0. The van der Waals surface area contributed by atoms with Crippen molar-refractivity contribution >= 4 is 45.7 Å². The van der Waals surface area contributed by atoms with Gasteiger partial charge in [-0.25, -0.2) is 0 Å². The van der Waals surface area contributed by atoms with E-state index in [9.17, 15) is 4.79 Å². The van der Waals surface area contributed by atoms with Crippen molar-refractivity contribution in [2.75, 3.05) is 5.32 Å². The van der Waals surface area contributed by atoms with Crippen molar-refractivity contribution < 1.29 is 9.32 Å². The highest BCUT2D eigenvalue weighted by molar-refractivity contribution is 8.00. The molecule has 0 aliphatic rings. The zero-order chi connectivity index (χ0) is 21.1. The number of amides is 1. The molecule has 4 rings (SSSR count). The zero-order valence-electron chi connectivity index (χ0n) is 16.2. The summed E-state index contributed by atoms with van der Waals surface area (Å²) in [5.74, 6) is 0.820. The van der Waals surface area contributed by atoms with E-state index in [1.165, 1.54) is 22.5 Å². The molecule has 9 heteroatoms. The minimum Gasteiger partial charge on any atom is -0.360 e. The molecule has 6 nitrogen and oxygen atoms in total. The summed E-state index contributed by atoms with van der Waals surface area (Å²) in [5.41, 5.74) is 3.79. The van der Waals surface area contributed by atoms with Crippen molar-refractivity contribution in [3.63, 3.8) is 0 Å². The van der Waals surface area contributed by atoms with Crippen molar-refractivity contribution in [2.24, 2.45) is 0 Å². The van der Waals surface area contributed by atoms with E-state index >= 15 is 0 Å². The van der Waals surface area contributed by atoms with Gasteiger partial charge in [-0.05, 0) is 25.5 Å². The average Bonchev–Trinajstić information content (AvgIpc) is 3.34. The van der Waals surface area contributed by atoms with E-state index in [-0.39, 0.29) is 5.91 Å². The number of halogens is 1. The number of aryl methyl sites for hydroxylation is 2. The van der Waals surface area contributed by atoms with Gasteiger partial charge in [-0.3, -0.25) is 10.1 Å². The van der Waals surface area contributed by atoms with E-state index < -0.39 is 0 Å².